The number of rotatable bonds is 5. The van der Waals surface area contributed by atoms with Crippen LogP contribution in [0.25, 0.3) is 0 Å². The van der Waals surface area contributed by atoms with Gasteiger partial charge in [-0.3, -0.25) is 10.1 Å². The van der Waals surface area contributed by atoms with E-state index in [2.05, 4.69) is 12.2 Å². The lowest BCUT2D eigenvalue weighted by Crippen LogP contribution is -2.36. The second-order valence-corrected chi connectivity index (χ2v) is 7.61. The Morgan fingerprint density at radius 1 is 1.13 bits per heavy atom. The summed E-state index contributed by atoms with van der Waals surface area (Å²) in [5.74, 6) is 1.02. The largest absolute Gasteiger partial charge is 0.508 e. The molecule has 0 spiro atoms. The van der Waals surface area contributed by atoms with Gasteiger partial charge in [0.1, 0.15) is 11.5 Å². The molecule has 154 valence electrons. The Morgan fingerprint density at radius 2 is 1.87 bits per heavy atom. The number of aromatic hydroxyl groups is 1. The molecule has 0 radical (unpaired) electrons. The van der Waals surface area contributed by atoms with Crippen LogP contribution in [0.4, 0.5) is 11.4 Å². The summed E-state index contributed by atoms with van der Waals surface area (Å²) in [6.45, 7) is 2.12. The lowest BCUT2D eigenvalue weighted by molar-refractivity contribution is -0.384. The van der Waals surface area contributed by atoms with Gasteiger partial charge in [-0.1, -0.05) is 37.3 Å². The molecule has 6 heteroatoms. The first-order chi connectivity index (χ1) is 14.5. The molecule has 3 aromatic rings. The van der Waals surface area contributed by atoms with Crippen LogP contribution in [0.2, 0.25) is 0 Å². The fourth-order valence-corrected chi connectivity index (χ4v) is 4.56. The minimum absolute atomic E-state index is 0.0637. The number of benzene rings is 3. The molecule has 1 heterocycles. The highest BCUT2D eigenvalue weighted by Gasteiger charge is 2.42. The third kappa shape index (κ3) is 3.24. The van der Waals surface area contributed by atoms with Crippen molar-refractivity contribution >= 4 is 11.4 Å². The van der Waals surface area contributed by atoms with Gasteiger partial charge in [0, 0.05) is 28.8 Å². The Bertz CT molecular complexity index is 1080. The quantitative estimate of drug-likeness (QED) is 0.429. The van der Waals surface area contributed by atoms with Crippen LogP contribution in [0, 0.1) is 10.1 Å². The van der Waals surface area contributed by atoms with Crippen LogP contribution in [-0.2, 0) is 5.41 Å². The number of hydrogen-bond acceptors (Lipinski definition) is 5. The SMILES string of the molecule is CC[C@]1(c2ccccc2O)C[C@@H](c2ccc([N+](=O)[O-])cc2)Nc2ccc(OC)cc21. The Morgan fingerprint density at radius 3 is 2.50 bits per heavy atom. The summed E-state index contributed by atoms with van der Waals surface area (Å²) in [4.78, 5) is 10.6. The van der Waals surface area contributed by atoms with E-state index >= 15 is 0 Å². The third-order valence-corrected chi connectivity index (χ3v) is 6.15. The summed E-state index contributed by atoms with van der Waals surface area (Å²) < 4.78 is 5.48. The lowest BCUT2D eigenvalue weighted by atomic mass is 9.65. The number of phenolic OH excluding ortho intramolecular Hbond substituents is 1. The normalized spacial score (nSPS) is 20.1. The number of anilines is 1. The number of nitrogens with one attached hydrogen (secondary N) is 1. The molecule has 1 aliphatic heterocycles. The summed E-state index contributed by atoms with van der Waals surface area (Å²) in [6.07, 6.45) is 1.47. The van der Waals surface area contributed by atoms with Crippen LogP contribution >= 0.6 is 0 Å². The number of nitrogens with zero attached hydrogens (tertiary/aromatic N) is 1. The van der Waals surface area contributed by atoms with Crippen molar-refractivity contribution in [2.24, 2.45) is 0 Å². The number of methoxy groups -OCH3 is 1. The summed E-state index contributed by atoms with van der Waals surface area (Å²) in [6, 6.07) is 20.0. The topological polar surface area (TPSA) is 84.6 Å². The van der Waals surface area contributed by atoms with E-state index in [0.717, 1.165) is 34.5 Å². The zero-order chi connectivity index (χ0) is 21.3. The van der Waals surface area contributed by atoms with Crippen molar-refractivity contribution < 1.29 is 14.8 Å². The number of nitro groups is 1. The third-order valence-electron chi connectivity index (χ3n) is 6.15. The first-order valence-corrected chi connectivity index (χ1v) is 9.96. The van der Waals surface area contributed by atoms with Crippen molar-refractivity contribution in [3.05, 3.63) is 93.5 Å². The Hall–Kier alpha value is -3.54. The number of fused-ring (bicyclic) bond motifs is 1. The molecule has 6 nitrogen and oxygen atoms in total. The van der Waals surface area contributed by atoms with Gasteiger partial charge in [0.2, 0.25) is 0 Å². The van der Waals surface area contributed by atoms with Gasteiger partial charge in [-0.2, -0.15) is 0 Å². The summed E-state index contributed by atoms with van der Waals surface area (Å²) in [7, 11) is 1.64. The molecule has 0 unspecified atom stereocenters. The van der Waals surface area contributed by atoms with E-state index in [1.54, 1.807) is 25.3 Å². The number of phenols is 1. The minimum atomic E-state index is -0.438. The van der Waals surface area contributed by atoms with Crippen LogP contribution in [-0.4, -0.2) is 17.1 Å². The number of ether oxygens (including phenoxy) is 1. The van der Waals surface area contributed by atoms with Crippen molar-refractivity contribution in [2.75, 3.05) is 12.4 Å². The van der Waals surface area contributed by atoms with E-state index < -0.39 is 10.3 Å². The van der Waals surface area contributed by atoms with Gasteiger partial charge in [0.25, 0.3) is 5.69 Å². The molecule has 0 amide bonds. The highest BCUT2D eigenvalue weighted by Crippen LogP contribution is 2.53. The smallest absolute Gasteiger partial charge is 0.269 e. The molecule has 30 heavy (non-hydrogen) atoms. The molecule has 2 atom stereocenters. The molecule has 0 aromatic heterocycles. The lowest BCUT2D eigenvalue weighted by Gasteiger charge is -2.44. The van der Waals surface area contributed by atoms with Gasteiger partial charge in [-0.15, -0.1) is 0 Å². The van der Waals surface area contributed by atoms with Crippen LogP contribution in [0.15, 0.2) is 66.7 Å². The zero-order valence-corrected chi connectivity index (χ0v) is 17.0. The van der Waals surface area contributed by atoms with E-state index in [4.69, 9.17) is 4.74 Å². The monoisotopic (exact) mass is 404 g/mol. The number of nitro benzene ring substituents is 1. The summed E-state index contributed by atoms with van der Waals surface area (Å²) in [5.41, 5.74) is 3.51. The van der Waals surface area contributed by atoms with Gasteiger partial charge in [0.05, 0.1) is 18.1 Å². The maximum Gasteiger partial charge on any atom is 0.269 e. The average molecular weight is 404 g/mol. The summed E-state index contributed by atoms with van der Waals surface area (Å²) >= 11 is 0. The van der Waals surface area contributed by atoms with Gasteiger partial charge in [-0.05, 0) is 48.2 Å². The fourth-order valence-electron chi connectivity index (χ4n) is 4.56. The van der Waals surface area contributed by atoms with E-state index in [-0.39, 0.29) is 17.5 Å². The molecular formula is C24H24N2O4. The second kappa shape index (κ2) is 7.71. The average Bonchev–Trinajstić information content (AvgIpc) is 2.78. The Labute approximate surface area is 175 Å². The van der Waals surface area contributed by atoms with Crippen molar-refractivity contribution in [1.29, 1.82) is 0 Å². The number of non-ortho nitro benzene ring substituents is 1. The standard InChI is InChI=1S/C24H24N2O4/c1-3-24(19-6-4-5-7-23(19)27)15-22(16-8-10-17(11-9-16)26(28)29)25-21-13-12-18(30-2)14-20(21)24/h4-14,22,25,27H,3,15H2,1-2H3/t22-,24+/m0/s1. The van der Waals surface area contributed by atoms with Crippen LogP contribution in [0.5, 0.6) is 11.5 Å². The van der Waals surface area contributed by atoms with Gasteiger partial charge in [-0.25, -0.2) is 0 Å². The molecular weight excluding hydrogens is 380 g/mol. The Balaban J connectivity index is 1.87. The molecule has 0 fully saturated rings. The van der Waals surface area contributed by atoms with E-state index in [9.17, 15) is 15.2 Å². The maximum absolute atomic E-state index is 11.0. The predicted octanol–water partition coefficient (Wildman–Crippen LogP) is 5.56. The number of para-hydroxylation sites is 1. The van der Waals surface area contributed by atoms with E-state index in [0.29, 0.717) is 6.42 Å². The van der Waals surface area contributed by atoms with Gasteiger partial charge in [0.15, 0.2) is 0 Å². The molecule has 0 saturated heterocycles. The van der Waals surface area contributed by atoms with Crippen LogP contribution in [0.1, 0.15) is 42.5 Å². The van der Waals surface area contributed by atoms with Crippen molar-refractivity contribution in [3.63, 3.8) is 0 Å². The maximum atomic E-state index is 11.0. The minimum Gasteiger partial charge on any atom is -0.508 e. The fraction of sp³-hybridized carbons (Fsp3) is 0.250. The molecule has 0 aliphatic carbocycles. The highest BCUT2D eigenvalue weighted by atomic mass is 16.6. The van der Waals surface area contributed by atoms with E-state index in [1.165, 1.54) is 12.1 Å². The highest BCUT2D eigenvalue weighted by molar-refractivity contribution is 5.65. The first kappa shape index (κ1) is 19.8. The van der Waals surface area contributed by atoms with Crippen LogP contribution in [0.3, 0.4) is 0 Å². The van der Waals surface area contributed by atoms with Gasteiger partial charge < -0.3 is 15.2 Å². The van der Waals surface area contributed by atoms with E-state index in [1.807, 2.05) is 36.4 Å². The van der Waals surface area contributed by atoms with Crippen molar-refractivity contribution in [1.82, 2.24) is 0 Å². The predicted molar refractivity (Wildman–Crippen MR) is 116 cm³/mol. The molecule has 1 aliphatic rings. The molecule has 4 rings (SSSR count). The first-order valence-electron chi connectivity index (χ1n) is 9.96. The molecule has 0 bridgehead atoms. The molecule has 3 aromatic carbocycles. The molecule has 0 saturated carbocycles. The number of hydrogen-bond donors (Lipinski definition) is 2. The zero-order valence-electron chi connectivity index (χ0n) is 17.0. The second-order valence-electron chi connectivity index (χ2n) is 7.61. The summed E-state index contributed by atoms with van der Waals surface area (Å²) in [5, 5.41) is 25.4. The Kier molecular flexibility index (Phi) is 5.08. The van der Waals surface area contributed by atoms with Crippen LogP contribution < -0.4 is 10.1 Å². The van der Waals surface area contributed by atoms with Crippen molar-refractivity contribution in [3.8, 4) is 11.5 Å². The molecule has 2 N–H and O–H groups in total. The van der Waals surface area contributed by atoms with Crippen molar-refractivity contribution in [2.45, 2.75) is 31.2 Å². The van der Waals surface area contributed by atoms with Gasteiger partial charge >= 0.3 is 0 Å².